The molecule has 1 aromatic heterocycles. The van der Waals surface area contributed by atoms with Crippen LogP contribution in [0.1, 0.15) is 0 Å². The van der Waals surface area contributed by atoms with E-state index in [-0.39, 0.29) is 0 Å². The summed E-state index contributed by atoms with van der Waals surface area (Å²) < 4.78 is 22.2. The Bertz CT molecular complexity index is 930. The molecule has 0 fully saturated rings. The molecule has 1 heterocycles. The largest absolute Gasteiger partial charge is 0.493 e. The Labute approximate surface area is 163 Å². The van der Waals surface area contributed by atoms with Crippen molar-refractivity contribution < 1.29 is 18.9 Å². The fourth-order valence-corrected chi connectivity index (χ4v) is 3.95. The van der Waals surface area contributed by atoms with Gasteiger partial charge < -0.3 is 18.9 Å². The van der Waals surface area contributed by atoms with Crippen LogP contribution < -0.4 is 18.9 Å². The van der Waals surface area contributed by atoms with Crippen LogP contribution in [0.25, 0.3) is 21.1 Å². The van der Waals surface area contributed by atoms with Gasteiger partial charge in [-0.1, -0.05) is 11.3 Å². The Morgan fingerprint density at radius 1 is 0.731 bits per heavy atom. The van der Waals surface area contributed by atoms with E-state index in [0.29, 0.717) is 23.0 Å². The average Bonchev–Trinajstić information content (AvgIpc) is 3.16. The Balaban J connectivity index is 2.01. The zero-order valence-electron chi connectivity index (χ0n) is 14.7. The molecule has 2 aromatic carbocycles. The quantitative estimate of drug-likeness (QED) is 0.559. The second-order valence-electron chi connectivity index (χ2n) is 5.17. The van der Waals surface area contributed by atoms with Crippen LogP contribution >= 0.6 is 27.3 Å². The first kappa shape index (κ1) is 18.5. The van der Waals surface area contributed by atoms with E-state index >= 15 is 0 Å². The summed E-state index contributed by atoms with van der Waals surface area (Å²) in [5, 5.41) is 10.2. The summed E-state index contributed by atoms with van der Waals surface area (Å²) in [5.41, 5.74) is 1.79. The van der Waals surface area contributed by atoms with Crippen LogP contribution in [0.4, 0.5) is 0 Å². The van der Waals surface area contributed by atoms with Crippen LogP contribution in [0, 0.1) is 0 Å². The predicted octanol–water partition coefficient (Wildman–Crippen LogP) is 4.67. The van der Waals surface area contributed by atoms with E-state index in [1.165, 1.54) is 11.3 Å². The van der Waals surface area contributed by atoms with Gasteiger partial charge in [0.2, 0.25) is 0 Å². The van der Waals surface area contributed by atoms with Crippen LogP contribution in [0.3, 0.4) is 0 Å². The molecule has 0 amide bonds. The van der Waals surface area contributed by atoms with Gasteiger partial charge in [0, 0.05) is 15.6 Å². The van der Waals surface area contributed by atoms with Crippen LogP contribution in [0.2, 0.25) is 0 Å². The van der Waals surface area contributed by atoms with Gasteiger partial charge >= 0.3 is 0 Å². The summed E-state index contributed by atoms with van der Waals surface area (Å²) in [5.74, 6) is 2.60. The fourth-order valence-electron chi connectivity index (χ4n) is 2.44. The highest BCUT2D eigenvalue weighted by atomic mass is 79.9. The molecule has 0 bridgehead atoms. The van der Waals surface area contributed by atoms with Crippen molar-refractivity contribution in [2.24, 2.45) is 0 Å². The highest BCUT2D eigenvalue weighted by Gasteiger charge is 2.16. The van der Waals surface area contributed by atoms with Crippen molar-refractivity contribution in [2.75, 3.05) is 28.4 Å². The second-order valence-corrected chi connectivity index (χ2v) is 7.00. The number of rotatable bonds is 6. The van der Waals surface area contributed by atoms with Crippen molar-refractivity contribution in [2.45, 2.75) is 0 Å². The average molecular weight is 437 g/mol. The van der Waals surface area contributed by atoms with Gasteiger partial charge in [0.1, 0.15) is 10.0 Å². The molecule has 136 valence electrons. The van der Waals surface area contributed by atoms with Crippen molar-refractivity contribution in [3.63, 3.8) is 0 Å². The Morgan fingerprint density at radius 3 is 1.96 bits per heavy atom. The Hall–Kier alpha value is -2.32. The van der Waals surface area contributed by atoms with E-state index in [1.807, 2.05) is 30.3 Å². The van der Waals surface area contributed by atoms with Gasteiger partial charge in [-0.3, -0.25) is 0 Å². The van der Waals surface area contributed by atoms with Gasteiger partial charge in [-0.15, -0.1) is 10.2 Å². The highest BCUT2D eigenvalue weighted by Crippen LogP contribution is 2.41. The number of ether oxygens (including phenoxy) is 4. The lowest BCUT2D eigenvalue weighted by molar-refractivity contribution is 0.355. The minimum Gasteiger partial charge on any atom is -0.493 e. The maximum Gasteiger partial charge on any atom is 0.161 e. The number of hydrogen-bond acceptors (Lipinski definition) is 7. The summed E-state index contributed by atoms with van der Waals surface area (Å²) in [6.07, 6.45) is 0. The van der Waals surface area contributed by atoms with Gasteiger partial charge in [0.15, 0.2) is 23.0 Å². The third-order valence-electron chi connectivity index (χ3n) is 3.76. The predicted molar refractivity (Wildman–Crippen MR) is 105 cm³/mol. The van der Waals surface area contributed by atoms with Crippen LogP contribution in [-0.2, 0) is 0 Å². The monoisotopic (exact) mass is 436 g/mol. The highest BCUT2D eigenvalue weighted by molar-refractivity contribution is 9.10. The standard InChI is InChI=1S/C18H17BrN2O4S/c1-22-13-6-5-10(7-14(13)23-2)17-20-21-18(26-17)11-8-15(24-3)16(25-4)9-12(11)19/h5-9H,1-4H3. The van der Waals surface area contributed by atoms with E-state index in [9.17, 15) is 0 Å². The van der Waals surface area contributed by atoms with Crippen molar-refractivity contribution >= 4 is 27.3 Å². The number of methoxy groups -OCH3 is 4. The molecule has 0 aliphatic rings. The molecule has 3 rings (SSSR count). The molecule has 0 spiro atoms. The molecule has 0 N–H and O–H groups in total. The molecule has 0 saturated carbocycles. The maximum absolute atomic E-state index is 5.38. The molecule has 3 aromatic rings. The molecule has 0 atom stereocenters. The van der Waals surface area contributed by atoms with E-state index in [0.717, 1.165) is 25.6 Å². The van der Waals surface area contributed by atoms with E-state index in [4.69, 9.17) is 18.9 Å². The Kier molecular flexibility index (Phi) is 5.63. The minimum absolute atomic E-state index is 0.633. The summed E-state index contributed by atoms with van der Waals surface area (Å²) in [6, 6.07) is 9.39. The molecule has 0 aliphatic heterocycles. The van der Waals surface area contributed by atoms with E-state index in [2.05, 4.69) is 26.1 Å². The van der Waals surface area contributed by atoms with Crippen LogP contribution in [-0.4, -0.2) is 38.6 Å². The number of hydrogen-bond donors (Lipinski definition) is 0. The fraction of sp³-hybridized carbons (Fsp3) is 0.222. The minimum atomic E-state index is 0.633. The molecule has 8 heteroatoms. The first-order valence-corrected chi connectivity index (χ1v) is 9.20. The number of nitrogens with zero attached hydrogens (tertiary/aromatic N) is 2. The first-order valence-electron chi connectivity index (χ1n) is 7.59. The molecule has 0 saturated heterocycles. The van der Waals surface area contributed by atoms with Gasteiger partial charge in [0.25, 0.3) is 0 Å². The zero-order chi connectivity index (χ0) is 18.7. The summed E-state index contributed by atoms with van der Waals surface area (Å²) in [7, 11) is 6.41. The van der Waals surface area contributed by atoms with Crippen molar-refractivity contribution in [3.8, 4) is 44.1 Å². The summed E-state index contributed by atoms with van der Waals surface area (Å²) in [4.78, 5) is 0. The lowest BCUT2D eigenvalue weighted by atomic mass is 10.2. The number of halogens is 1. The first-order chi connectivity index (χ1) is 12.6. The zero-order valence-corrected chi connectivity index (χ0v) is 17.1. The maximum atomic E-state index is 5.38. The third-order valence-corrected chi connectivity index (χ3v) is 5.42. The lowest BCUT2D eigenvalue weighted by Gasteiger charge is -2.10. The van der Waals surface area contributed by atoms with Crippen molar-refractivity contribution in [3.05, 3.63) is 34.8 Å². The van der Waals surface area contributed by atoms with Crippen molar-refractivity contribution in [1.82, 2.24) is 10.2 Å². The smallest absolute Gasteiger partial charge is 0.161 e. The van der Waals surface area contributed by atoms with Crippen molar-refractivity contribution in [1.29, 1.82) is 0 Å². The molecule has 6 nitrogen and oxygen atoms in total. The Morgan fingerprint density at radius 2 is 1.31 bits per heavy atom. The molecule has 0 radical (unpaired) electrons. The third kappa shape index (κ3) is 3.47. The summed E-state index contributed by atoms with van der Waals surface area (Å²) in [6.45, 7) is 0. The van der Waals surface area contributed by atoms with E-state index < -0.39 is 0 Å². The van der Waals surface area contributed by atoms with E-state index in [1.54, 1.807) is 28.4 Å². The normalized spacial score (nSPS) is 10.5. The second kappa shape index (κ2) is 7.92. The lowest BCUT2D eigenvalue weighted by Crippen LogP contribution is -1.92. The van der Waals surface area contributed by atoms with Gasteiger partial charge in [-0.25, -0.2) is 0 Å². The summed E-state index contributed by atoms with van der Waals surface area (Å²) >= 11 is 5.04. The van der Waals surface area contributed by atoms with Gasteiger partial charge in [-0.05, 0) is 46.3 Å². The van der Waals surface area contributed by atoms with Gasteiger partial charge in [-0.2, -0.15) is 0 Å². The topological polar surface area (TPSA) is 62.7 Å². The molecular weight excluding hydrogens is 420 g/mol. The number of benzene rings is 2. The van der Waals surface area contributed by atoms with Gasteiger partial charge in [0.05, 0.1) is 28.4 Å². The van der Waals surface area contributed by atoms with Crippen LogP contribution in [0.5, 0.6) is 23.0 Å². The molecular formula is C18H17BrN2O4S. The molecule has 26 heavy (non-hydrogen) atoms. The molecule has 0 unspecified atom stereocenters. The number of aromatic nitrogens is 2. The molecule has 0 aliphatic carbocycles. The SMILES string of the molecule is COc1ccc(-c2nnc(-c3cc(OC)c(OC)cc3Br)s2)cc1OC. The van der Waals surface area contributed by atoms with Crippen LogP contribution in [0.15, 0.2) is 34.8 Å².